The molecule has 6 nitrogen and oxygen atoms in total. The second-order valence-electron chi connectivity index (χ2n) is 8.98. The van der Waals surface area contributed by atoms with Gasteiger partial charge < -0.3 is 9.40 Å². The molecule has 2 aromatic carbocycles. The molecule has 0 spiro atoms. The molecular weight excluding hydrogens is 402 g/mol. The molecule has 0 aliphatic rings. The van der Waals surface area contributed by atoms with Crippen LogP contribution >= 0.6 is 0 Å². The van der Waals surface area contributed by atoms with Gasteiger partial charge in [-0.2, -0.15) is 0 Å². The number of fused-ring (bicyclic) bond motifs is 2. The molecule has 0 unspecified atom stereocenters. The number of nitrogens with zero attached hydrogens (tertiary/aromatic N) is 2. The molecule has 2 aromatic heterocycles. The molecule has 0 aliphatic carbocycles. The van der Waals surface area contributed by atoms with E-state index in [1.807, 2.05) is 31.2 Å². The van der Waals surface area contributed by atoms with Crippen LogP contribution in [-0.2, 0) is 13.1 Å². The average molecular weight is 432 g/mol. The predicted molar refractivity (Wildman–Crippen MR) is 128 cm³/mol. The van der Waals surface area contributed by atoms with Crippen molar-refractivity contribution in [1.82, 2.24) is 14.9 Å². The number of para-hydroxylation sites is 1. The third-order valence-electron chi connectivity index (χ3n) is 5.96. The van der Waals surface area contributed by atoms with Gasteiger partial charge >= 0.3 is 5.63 Å². The quantitative estimate of drug-likeness (QED) is 0.441. The summed E-state index contributed by atoms with van der Waals surface area (Å²) in [4.78, 5) is 34.5. The molecule has 2 heterocycles. The first-order valence-corrected chi connectivity index (χ1v) is 11.0. The lowest BCUT2D eigenvalue weighted by Crippen LogP contribution is -2.32. The molecular formula is C26H29N3O3. The van der Waals surface area contributed by atoms with Crippen LogP contribution in [-0.4, -0.2) is 20.9 Å². The van der Waals surface area contributed by atoms with Crippen LogP contribution in [0.25, 0.3) is 21.9 Å². The second-order valence-corrected chi connectivity index (χ2v) is 8.98. The molecule has 6 heteroatoms. The summed E-state index contributed by atoms with van der Waals surface area (Å²) in [5, 5.41) is 1.53. The lowest BCUT2D eigenvalue weighted by atomic mass is 9.94. The van der Waals surface area contributed by atoms with Crippen LogP contribution in [0.3, 0.4) is 0 Å². The molecule has 0 fully saturated rings. The van der Waals surface area contributed by atoms with Gasteiger partial charge in [-0.1, -0.05) is 26.0 Å². The van der Waals surface area contributed by atoms with E-state index in [0.717, 1.165) is 16.5 Å². The molecule has 0 amide bonds. The van der Waals surface area contributed by atoms with E-state index in [1.165, 1.54) is 5.56 Å². The van der Waals surface area contributed by atoms with E-state index in [0.29, 0.717) is 41.3 Å². The van der Waals surface area contributed by atoms with Gasteiger partial charge in [-0.25, -0.2) is 9.78 Å². The summed E-state index contributed by atoms with van der Waals surface area (Å²) in [5.41, 5.74) is 4.06. The summed E-state index contributed by atoms with van der Waals surface area (Å²) in [5.74, 6) is 0.973. The number of hydrogen-bond acceptors (Lipinski definition) is 5. The Kier molecular flexibility index (Phi) is 5.98. The number of aromatic nitrogens is 2. The van der Waals surface area contributed by atoms with Crippen molar-refractivity contribution in [3.63, 3.8) is 0 Å². The Morgan fingerprint density at radius 2 is 1.75 bits per heavy atom. The molecule has 0 atom stereocenters. The molecule has 32 heavy (non-hydrogen) atoms. The summed E-state index contributed by atoms with van der Waals surface area (Å²) in [7, 11) is 0. The van der Waals surface area contributed by atoms with Gasteiger partial charge in [-0.3, -0.25) is 9.69 Å². The van der Waals surface area contributed by atoms with Gasteiger partial charge in [-0.05, 0) is 67.6 Å². The van der Waals surface area contributed by atoms with Crippen molar-refractivity contribution >= 4 is 21.9 Å². The average Bonchev–Trinajstić information content (AvgIpc) is 2.72. The van der Waals surface area contributed by atoms with Crippen LogP contribution in [0.1, 0.15) is 56.1 Å². The highest BCUT2D eigenvalue weighted by Gasteiger charge is 2.17. The first-order chi connectivity index (χ1) is 15.2. The molecule has 0 bridgehead atoms. The first-order valence-electron chi connectivity index (χ1n) is 11.0. The van der Waals surface area contributed by atoms with Crippen LogP contribution in [0.4, 0.5) is 0 Å². The SMILES string of the molecule is Cc1cc2oc(=O)cc(CN(Cc3nc4ccccc4c(=O)[nH]3)C(C)C)c2cc1C(C)C. The summed E-state index contributed by atoms with van der Waals surface area (Å²) < 4.78 is 5.51. The molecule has 4 rings (SSSR count). The summed E-state index contributed by atoms with van der Waals surface area (Å²) >= 11 is 0. The van der Waals surface area contributed by atoms with Gasteiger partial charge in [0.15, 0.2) is 0 Å². The molecule has 0 aliphatic heterocycles. The Bertz CT molecular complexity index is 1400. The van der Waals surface area contributed by atoms with E-state index in [2.05, 4.69) is 48.6 Å². The van der Waals surface area contributed by atoms with E-state index in [4.69, 9.17) is 4.42 Å². The van der Waals surface area contributed by atoms with Gasteiger partial charge in [0.2, 0.25) is 0 Å². The molecule has 4 aromatic rings. The molecule has 0 saturated heterocycles. The van der Waals surface area contributed by atoms with E-state index in [-0.39, 0.29) is 17.2 Å². The number of nitrogens with one attached hydrogen (secondary N) is 1. The van der Waals surface area contributed by atoms with Gasteiger partial charge in [0.25, 0.3) is 5.56 Å². The zero-order valence-corrected chi connectivity index (χ0v) is 19.2. The molecule has 0 radical (unpaired) electrons. The highest BCUT2D eigenvalue weighted by molar-refractivity contribution is 5.82. The smallest absolute Gasteiger partial charge is 0.336 e. The number of hydrogen-bond donors (Lipinski definition) is 1. The van der Waals surface area contributed by atoms with Crippen molar-refractivity contribution in [3.05, 3.63) is 85.8 Å². The van der Waals surface area contributed by atoms with Crippen molar-refractivity contribution in [2.45, 2.75) is 59.7 Å². The van der Waals surface area contributed by atoms with Crippen molar-refractivity contribution in [3.8, 4) is 0 Å². The summed E-state index contributed by atoms with van der Waals surface area (Å²) in [6, 6.07) is 13.2. The fourth-order valence-corrected chi connectivity index (χ4v) is 4.19. The zero-order valence-electron chi connectivity index (χ0n) is 19.2. The maximum atomic E-state index is 12.5. The fourth-order valence-electron chi connectivity index (χ4n) is 4.19. The highest BCUT2D eigenvalue weighted by atomic mass is 16.4. The minimum absolute atomic E-state index is 0.142. The van der Waals surface area contributed by atoms with Crippen molar-refractivity contribution in [1.29, 1.82) is 0 Å². The predicted octanol–water partition coefficient (Wildman–Crippen LogP) is 4.87. The third-order valence-corrected chi connectivity index (χ3v) is 5.96. The minimum atomic E-state index is -0.356. The van der Waals surface area contributed by atoms with Crippen molar-refractivity contribution < 1.29 is 4.42 Å². The zero-order chi connectivity index (χ0) is 23.0. The summed E-state index contributed by atoms with van der Waals surface area (Å²) in [6.45, 7) is 11.6. The lowest BCUT2D eigenvalue weighted by molar-refractivity contribution is 0.199. The normalized spacial score (nSPS) is 12.0. The first kappa shape index (κ1) is 22.0. The second kappa shape index (κ2) is 8.71. The van der Waals surface area contributed by atoms with Gasteiger partial charge in [0, 0.05) is 24.0 Å². The number of rotatable bonds is 6. The van der Waals surface area contributed by atoms with Gasteiger partial charge in [-0.15, -0.1) is 0 Å². The third kappa shape index (κ3) is 4.36. The van der Waals surface area contributed by atoms with E-state index >= 15 is 0 Å². The fraction of sp³-hybridized carbons (Fsp3) is 0.346. The molecule has 0 saturated carbocycles. The Morgan fingerprint density at radius 3 is 2.47 bits per heavy atom. The Hall–Kier alpha value is -3.25. The maximum Gasteiger partial charge on any atom is 0.336 e. The van der Waals surface area contributed by atoms with Crippen LogP contribution in [0.5, 0.6) is 0 Å². The van der Waals surface area contributed by atoms with E-state index in [9.17, 15) is 9.59 Å². The van der Waals surface area contributed by atoms with Crippen LogP contribution in [0, 0.1) is 6.92 Å². The topological polar surface area (TPSA) is 79.2 Å². The number of H-pyrrole nitrogens is 1. The van der Waals surface area contributed by atoms with E-state index in [1.54, 1.807) is 12.1 Å². The van der Waals surface area contributed by atoms with Crippen molar-refractivity contribution in [2.24, 2.45) is 0 Å². The van der Waals surface area contributed by atoms with E-state index < -0.39 is 0 Å². The molecule has 1 N–H and O–H groups in total. The van der Waals surface area contributed by atoms with Gasteiger partial charge in [0.05, 0.1) is 17.4 Å². The molecule has 166 valence electrons. The van der Waals surface area contributed by atoms with Crippen molar-refractivity contribution in [2.75, 3.05) is 0 Å². The maximum absolute atomic E-state index is 12.5. The van der Waals surface area contributed by atoms with Crippen LogP contribution < -0.4 is 11.2 Å². The summed E-state index contributed by atoms with van der Waals surface area (Å²) in [6.07, 6.45) is 0. The van der Waals surface area contributed by atoms with Crippen LogP contribution in [0.15, 0.2) is 56.5 Å². The minimum Gasteiger partial charge on any atom is -0.423 e. The largest absolute Gasteiger partial charge is 0.423 e. The Labute approximate surface area is 186 Å². The lowest BCUT2D eigenvalue weighted by Gasteiger charge is -2.26. The standard InChI is InChI=1S/C26H29N3O3/c1-15(2)20-12-21-18(11-25(30)32-23(21)10-17(20)5)13-29(16(3)4)14-24-27-22-9-7-6-8-19(22)26(31)28-24/h6-12,15-16H,13-14H2,1-5H3,(H,27,28,31). The Morgan fingerprint density at radius 1 is 1.00 bits per heavy atom. The van der Waals surface area contributed by atoms with Crippen LogP contribution in [0.2, 0.25) is 0 Å². The highest BCUT2D eigenvalue weighted by Crippen LogP contribution is 2.28. The number of aromatic amines is 1. The number of benzene rings is 2. The Balaban J connectivity index is 1.74. The van der Waals surface area contributed by atoms with Gasteiger partial charge in [0.1, 0.15) is 11.4 Å². The number of aryl methyl sites for hydroxylation is 1. The monoisotopic (exact) mass is 431 g/mol.